The standard InChI is InChI=1S/C14H25NO/c16-14-11-5-4-6-12(14)13(8-7-11)15-9-2-1-3-10-15/h11-14,16H,1-10H2/t11-,12+,13-,14+/m1/s1. The highest BCUT2D eigenvalue weighted by Crippen LogP contribution is 2.42. The molecule has 2 nitrogen and oxygen atoms in total. The van der Waals surface area contributed by atoms with E-state index >= 15 is 0 Å². The summed E-state index contributed by atoms with van der Waals surface area (Å²) in [4.78, 5) is 2.69. The first-order valence-electron chi connectivity index (χ1n) is 7.28. The van der Waals surface area contributed by atoms with Crippen LogP contribution in [0.5, 0.6) is 0 Å². The third-order valence-electron chi connectivity index (χ3n) is 5.22. The van der Waals surface area contributed by atoms with E-state index in [2.05, 4.69) is 4.90 Å². The van der Waals surface area contributed by atoms with Gasteiger partial charge >= 0.3 is 0 Å². The molecule has 1 N–H and O–H groups in total. The Morgan fingerprint density at radius 1 is 0.812 bits per heavy atom. The number of likely N-dealkylation sites (tertiary alicyclic amines) is 1. The SMILES string of the molecule is O[C@H]1[C@@H]2CCC[C@H]1[C@H](N1CCCCC1)CC2. The van der Waals surface area contributed by atoms with Crippen molar-refractivity contribution in [2.45, 2.75) is 63.5 Å². The summed E-state index contributed by atoms with van der Waals surface area (Å²) in [5.74, 6) is 1.24. The van der Waals surface area contributed by atoms with Crippen LogP contribution in [0.25, 0.3) is 0 Å². The molecule has 0 aromatic heterocycles. The molecule has 2 bridgehead atoms. The number of fused-ring (bicyclic) bond motifs is 2. The van der Waals surface area contributed by atoms with Gasteiger partial charge in [0.1, 0.15) is 0 Å². The molecule has 0 aromatic rings. The highest BCUT2D eigenvalue weighted by molar-refractivity contribution is 4.95. The van der Waals surface area contributed by atoms with Gasteiger partial charge in [0.15, 0.2) is 0 Å². The minimum absolute atomic E-state index is 0.0226. The topological polar surface area (TPSA) is 23.5 Å². The summed E-state index contributed by atoms with van der Waals surface area (Å²) >= 11 is 0. The van der Waals surface area contributed by atoms with Gasteiger partial charge in [-0.25, -0.2) is 0 Å². The third kappa shape index (κ3) is 1.91. The van der Waals surface area contributed by atoms with E-state index in [0.29, 0.717) is 17.9 Å². The summed E-state index contributed by atoms with van der Waals surface area (Å²) in [5, 5.41) is 10.4. The van der Waals surface area contributed by atoms with E-state index in [1.54, 1.807) is 0 Å². The molecule has 2 aliphatic carbocycles. The van der Waals surface area contributed by atoms with Gasteiger partial charge in [0.25, 0.3) is 0 Å². The first kappa shape index (κ1) is 11.0. The zero-order valence-corrected chi connectivity index (χ0v) is 10.3. The van der Waals surface area contributed by atoms with Gasteiger partial charge in [0, 0.05) is 12.0 Å². The predicted molar refractivity (Wildman–Crippen MR) is 65.3 cm³/mol. The highest BCUT2D eigenvalue weighted by Gasteiger charge is 2.42. The van der Waals surface area contributed by atoms with Crippen LogP contribution in [0.3, 0.4) is 0 Å². The van der Waals surface area contributed by atoms with E-state index in [4.69, 9.17) is 0 Å². The van der Waals surface area contributed by atoms with Crippen LogP contribution in [0.2, 0.25) is 0 Å². The third-order valence-corrected chi connectivity index (χ3v) is 5.22. The molecule has 4 atom stereocenters. The molecule has 92 valence electrons. The van der Waals surface area contributed by atoms with Crippen molar-refractivity contribution < 1.29 is 5.11 Å². The Morgan fingerprint density at radius 2 is 1.62 bits per heavy atom. The Hall–Kier alpha value is -0.0800. The molecule has 0 radical (unpaired) electrons. The predicted octanol–water partition coefficient (Wildman–Crippen LogP) is 2.41. The number of rotatable bonds is 1. The number of aliphatic hydroxyl groups is 1. The molecule has 0 unspecified atom stereocenters. The summed E-state index contributed by atoms with van der Waals surface area (Å²) < 4.78 is 0. The number of piperidine rings is 1. The Morgan fingerprint density at radius 3 is 2.44 bits per heavy atom. The summed E-state index contributed by atoms with van der Waals surface area (Å²) in [6, 6.07) is 0.715. The van der Waals surface area contributed by atoms with Crippen molar-refractivity contribution in [3.63, 3.8) is 0 Å². The van der Waals surface area contributed by atoms with Gasteiger partial charge in [-0.3, -0.25) is 0 Å². The minimum Gasteiger partial charge on any atom is -0.392 e. The van der Waals surface area contributed by atoms with Crippen molar-refractivity contribution in [1.29, 1.82) is 0 Å². The highest BCUT2D eigenvalue weighted by atomic mass is 16.3. The Bertz CT molecular complexity index is 237. The number of nitrogens with zero attached hydrogens (tertiary/aromatic N) is 1. The summed E-state index contributed by atoms with van der Waals surface area (Å²) in [5.41, 5.74) is 0. The zero-order valence-electron chi connectivity index (χ0n) is 10.3. The molecule has 0 spiro atoms. The lowest BCUT2D eigenvalue weighted by molar-refractivity contribution is -0.0659. The van der Waals surface area contributed by atoms with Gasteiger partial charge in [-0.1, -0.05) is 12.8 Å². The normalized spacial score (nSPS) is 45.6. The van der Waals surface area contributed by atoms with Crippen LogP contribution in [0.4, 0.5) is 0 Å². The Kier molecular flexibility index (Phi) is 3.21. The average Bonchev–Trinajstić information content (AvgIpc) is 2.30. The molecule has 0 amide bonds. The molecular formula is C14H25NO. The number of aliphatic hydroxyl groups excluding tert-OH is 1. The Balaban J connectivity index is 1.69. The number of hydrogen-bond donors (Lipinski definition) is 1. The molecule has 2 heteroatoms. The van der Waals surface area contributed by atoms with Crippen LogP contribution in [0.1, 0.15) is 51.4 Å². The maximum atomic E-state index is 10.4. The first-order valence-corrected chi connectivity index (χ1v) is 7.28. The van der Waals surface area contributed by atoms with Crippen molar-refractivity contribution in [3.05, 3.63) is 0 Å². The Labute approximate surface area is 99.0 Å². The largest absolute Gasteiger partial charge is 0.392 e. The van der Waals surface area contributed by atoms with E-state index in [-0.39, 0.29) is 6.10 Å². The lowest BCUT2D eigenvalue weighted by atomic mass is 9.67. The second-order valence-corrected chi connectivity index (χ2v) is 6.09. The molecule has 16 heavy (non-hydrogen) atoms. The quantitative estimate of drug-likeness (QED) is 0.738. The van der Waals surface area contributed by atoms with Crippen LogP contribution >= 0.6 is 0 Å². The summed E-state index contributed by atoms with van der Waals surface area (Å²) in [7, 11) is 0. The molecular weight excluding hydrogens is 198 g/mol. The smallest absolute Gasteiger partial charge is 0.0611 e. The van der Waals surface area contributed by atoms with Crippen LogP contribution in [-0.2, 0) is 0 Å². The first-order chi connectivity index (χ1) is 7.86. The second kappa shape index (κ2) is 4.66. The van der Waals surface area contributed by atoms with Crippen LogP contribution in [-0.4, -0.2) is 35.2 Å². The fraction of sp³-hybridized carbons (Fsp3) is 1.00. The van der Waals surface area contributed by atoms with E-state index < -0.39 is 0 Å². The molecule has 3 aliphatic rings. The maximum Gasteiger partial charge on any atom is 0.0611 e. The van der Waals surface area contributed by atoms with Gasteiger partial charge in [0.05, 0.1) is 6.10 Å². The molecule has 2 saturated carbocycles. The van der Waals surface area contributed by atoms with Crippen LogP contribution in [0.15, 0.2) is 0 Å². The van der Waals surface area contributed by atoms with E-state index in [1.807, 2.05) is 0 Å². The average molecular weight is 223 g/mol. The lowest BCUT2D eigenvalue weighted by Gasteiger charge is -2.49. The molecule has 3 rings (SSSR count). The summed E-state index contributed by atoms with van der Waals surface area (Å²) in [6.07, 6.45) is 10.7. The van der Waals surface area contributed by atoms with Crippen LogP contribution in [0, 0.1) is 11.8 Å². The minimum atomic E-state index is 0.0226. The molecule has 3 fully saturated rings. The van der Waals surface area contributed by atoms with Gasteiger partial charge in [-0.2, -0.15) is 0 Å². The zero-order chi connectivity index (χ0) is 11.0. The monoisotopic (exact) mass is 223 g/mol. The van der Waals surface area contributed by atoms with Gasteiger partial charge in [-0.15, -0.1) is 0 Å². The van der Waals surface area contributed by atoms with Crippen molar-refractivity contribution in [1.82, 2.24) is 4.90 Å². The fourth-order valence-corrected chi connectivity index (χ4v) is 4.34. The van der Waals surface area contributed by atoms with Crippen molar-refractivity contribution in [2.24, 2.45) is 11.8 Å². The van der Waals surface area contributed by atoms with Gasteiger partial charge in [-0.05, 0) is 57.5 Å². The molecule has 1 aliphatic heterocycles. The molecule has 0 aromatic carbocycles. The van der Waals surface area contributed by atoms with Crippen molar-refractivity contribution >= 4 is 0 Å². The van der Waals surface area contributed by atoms with E-state index in [1.165, 1.54) is 64.5 Å². The van der Waals surface area contributed by atoms with Crippen molar-refractivity contribution in [2.75, 3.05) is 13.1 Å². The van der Waals surface area contributed by atoms with Crippen molar-refractivity contribution in [3.8, 4) is 0 Å². The maximum absolute atomic E-state index is 10.4. The van der Waals surface area contributed by atoms with Gasteiger partial charge < -0.3 is 10.0 Å². The second-order valence-electron chi connectivity index (χ2n) is 6.09. The molecule has 1 saturated heterocycles. The fourth-order valence-electron chi connectivity index (χ4n) is 4.34. The number of hydrogen-bond acceptors (Lipinski definition) is 2. The molecule has 1 heterocycles. The van der Waals surface area contributed by atoms with Crippen LogP contribution < -0.4 is 0 Å². The lowest BCUT2D eigenvalue weighted by Crippen LogP contribution is -2.53. The van der Waals surface area contributed by atoms with E-state index in [9.17, 15) is 5.11 Å². The van der Waals surface area contributed by atoms with E-state index in [0.717, 1.165) is 0 Å². The van der Waals surface area contributed by atoms with Gasteiger partial charge in [0.2, 0.25) is 0 Å². The summed E-state index contributed by atoms with van der Waals surface area (Å²) in [6.45, 7) is 2.58.